The molecule has 2 rings (SSSR count). The zero-order valence-electron chi connectivity index (χ0n) is 38.6. The zero-order chi connectivity index (χ0) is 46.1. The van der Waals surface area contributed by atoms with Crippen LogP contribution in [0.25, 0.3) is 0 Å². The molecule has 2 saturated heterocycles. The summed E-state index contributed by atoms with van der Waals surface area (Å²) in [6.07, 6.45) is 17.8. The largest absolute Gasteiger partial charge is 0.462 e. The maximum Gasteiger partial charge on any atom is 0.306 e. The van der Waals surface area contributed by atoms with Crippen LogP contribution in [-0.2, 0) is 38.0 Å². The van der Waals surface area contributed by atoms with E-state index in [4.69, 9.17) is 28.4 Å². The molecule has 7 N–H and O–H groups in total. The number of carbonyl (C=O) groups excluding carboxylic acids is 2. The summed E-state index contributed by atoms with van der Waals surface area (Å²) >= 11 is 0. The van der Waals surface area contributed by atoms with E-state index in [1.807, 2.05) is 0 Å². The number of hydrogen-bond acceptors (Lipinski definition) is 15. The molecule has 2 aliphatic rings. The first kappa shape index (κ1) is 57.1. The number of esters is 2. The Balaban J connectivity index is 1.83. The smallest absolute Gasteiger partial charge is 0.306 e. The van der Waals surface area contributed by atoms with Gasteiger partial charge in [0, 0.05) is 12.8 Å². The van der Waals surface area contributed by atoms with Crippen molar-refractivity contribution in [1.29, 1.82) is 0 Å². The lowest BCUT2D eigenvalue weighted by Crippen LogP contribution is -2.61. The summed E-state index contributed by atoms with van der Waals surface area (Å²) in [7, 11) is 0. The Hall–Kier alpha value is -2.02. The number of unbranched alkanes of at least 4 members (excludes halogenated alkanes) is 19. The van der Waals surface area contributed by atoms with E-state index in [-0.39, 0.29) is 26.1 Å². The van der Waals surface area contributed by atoms with Gasteiger partial charge in [0.15, 0.2) is 18.7 Å². The van der Waals surface area contributed by atoms with Crippen LogP contribution in [0.3, 0.4) is 0 Å². The summed E-state index contributed by atoms with van der Waals surface area (Å²) in [5.41, 5.74) is 0. The molecule has 11 atom stereocenters. The number of aliphatic hydroxyl groups is 7. The zero-order valence-corrected chi connectivity index (χ0v) is 38.6. The van der Waals surface area contributed by atoms with Crippen LogP contribution in [0.15, 0.2) is 24.3 Å². The minimum Gasteiger partial charge on any atom is -0.462 e. The summed E-state index contributed by atoms with van der Waals surface area (Å²) in [4.78, 5) is 25.7. The van der Waals surface area contributed by atoms with Gasteiger partial charge in [-0.3, -0.25) is 9.59 Å². The second-order valence-electron chi connectivity index (χ2n) is 17.3. The quantitative estimate of drug-likeness (QED) is 0.0216. The van der Waals surface area contributed by atoms with Crippen molar-refractivity contribution in [2.45, 2.75) is 242 Å². The molecule has 0 aromatic rings. The number of allylic oxidation sites excluding steroid dienone is 4. The van der Waals surface area contributed by atoms with Crippen molar-refractivity contribution in [2.24, 2.45) is 0 Å². The van der Waals surface area contributed by atoms with E-state index in [2.05, 4.69) is 38.2 Å². The molecular formula is C48H86O15. The van der Waals surface area contributed by atoms with Crippen molar-refractivity contribution in [1.82, 2.24) is 0 Å². The molecule has 0 radical (unpaired) electrons. The fourth-order valence-electron chi connectivity index (χ4n) is 7.54. The normalized spacial score (nSPS) is 27.0. The second-order valence-corrected chi connectivity index (χ2v) is 17.3. The van der Waals surface area contributed by atoms with E-state index in [0.717, 1.165) is 64.2 Å². The maximum atomic E-state index is 12.9. The van der Waals surface area contributed by atoms with Crippen molar-refractivity contribution >= 4 is 11.9 Å². The third-order valence-electron chi connectivity index (χ3n) is 11.7. The lowest BCUT2D eigenvalue weighted by Gasteiger charge is -2.42. The molecule has 15 heteroatoms. The van der Waals surface area contributed by atoms with Crippen LogP contribution in [0.2, 0.25) is 0 Å². The summed E-state index contributed by atoms with van der Waals surface area (Å²) in [5, 5.41) is 71.9. The Bertz CT molecular complexity index is 1200. The van der Waals surface area contributed by atoms with Gasteiger partial charge in [0.05, 0.1) is 19.8 Å². The standard InChI is InChI=1S/C48H86O15/c1-3-5-7-9-11-13-15-17-18-19-21-22-24-26-28-30-39(50)58-33-36(61-40(51)31-29-27-25-23-20-16-14-12-10-8-6-4-2)34-59-47-46(57)44(55)42(53)38(63-47)35-60-48-45(56)43(54)41(52)37(32-49)62-48/h9,11-12,14,36-38,41-49,52-57H,3-8,10,13,15-35H2,1-2H3/b11-9+,14-12+/t36-,37-,38-,41+,42+,43?,44?,45?,46?,47-,48-/m1/s1. The lowest BCUT2D eigenvalue weighted by atomic mass is 9.98. The van der Waals surface area contributed by atoms with Gasteiger partial charge >= 0.3 is 11.9 Å². The van der Waals surface area contributed by atoms with E-state index < -0.39 is 92.7 Å². The molecule has 0 bridgehead atoms. The highest BCUT2D eigenvalue weighted by Crippen LogP contribution is 2.26. The predicted molar refractivity (Wildman–Crippen MR) is 238 cm³/mol. The van der Waals surface area contributed by atoms with Gasteiger partial charge in [0.2, 0.25) is 0 Å². The van der Waals surface area contributed by atoms with Gasteiger partial charge < -0.3 is 64.2 Å². The van der Waals surface area contributed by atoms with Gasteiger partial charge in [0.25, 0.3) is 0 Å². The third kappa shape index (κ3) is 24.9. The molecule has 2 heterocycles. The van der Waals surface area contributed by atoms with Crippen molar-refractivity contribution in [3.05, 3.63) is 24.3 Å². The summed E-state index contributed by atoms with van der Waals surface area (Å²) in [6, 6.07) is 0. The van der Waals surface area contributed by atoms with Crippen LogP contribution in [-0.4, -0.2) is 142 Å². The highest BCUT2D eigenvalue weighted by molar-refractivity contribution is 5.70. The second kappa shape index (κ2) is 36.1. The van der Waals surface area contributed by atoms with Gasteiger partial charge in [-0.1, -0.05) is 128 Å². The molecule has 63 heavy (non-hydrogen) atoms. The topological polar surface area (TPSA) is 231 Å². The van der Waals surface area contributed by atoms with Crippen molar-refractivity contribution in [3.8, 4) is 0 Å². The minimum absolute atomic E-state index is 0.156. The molecule has 0 aromatic carbocycles. The summed E-state index contributed by atoms with van der Waals surface area (Å²) in [5.74, 6) is -0.936. The van der Waals surface area contributed by atoms with Gasteiger partial charge in [-0.05, 0) is 57.8 Å². The van der Waals surface area contributed by atoms with E-state index in [1.165, 1.54) is 70.6 Å². The van der Waals surface area contributed by atoms with Crippen LogP contribution >= 0.6 is 0 Å². The van der Waals surface area contributed by atoms with E-state index in [1.54, 1.807) is 0 Å². The van der Waals surface area contributed by atoms with Crippen molar-refractivity contribution < 1.29 is 73.8 Å². The average molecular weight is 903 g/mol. The van der Waals surface area contributed by atoms with Crippen LogP contribution in [0.1, 0.15) is 174 Å². The Morgan fingerprint density at radius 3 is 1.44 bits per heavy atom. The van der Waals surface area contributed by atoms with Gasteiger partial charge in [-0.15, -0.1) is 0 Å². The van der Waals surface area contributed by atoms with Crippen molar-refractivity contribution in [3.63, 3.8) is 0 Å². The summed E-state index contributed by atoms with van der Waals surface area (Å²) in [6.45, 7) is 2.52. The predicted octanol–water partition coefficient (Wildman–Crippen LogP) is 5.99. The molecule has 0 aromatic heterocycles. The fraction of sp³-hybridized carbons (Fsp3) is 0.875. The maximum absolute atomic E-state index is 12.9. The van der Waals surface area contributed by atoms with Gasteiger partial charge in [-0.25, -0.2) is 0 Å². The molecule has 2 aliphatic heterocycles. The average Bonchev–Trinajstić information content (AvgIpc) is 3.28. The monoisotopic (exact) mass is 903 g/mol. The van der Waals surface area contributed by atoms with Crippen LogP contribution in [0.4, 0.5) is 0 Å². The number of aliphatic hydroxyl groups excluding tert-OH is 7. The third-order valence-corrected chi connectivity index (χ3v) is 11.7. The van der Waals surface area contributed by atoms with E-state index >= 15 is 0 Å². The molecular weight excluding hydrogens is 817 g/mol. The highest BCUT2D eigenvalue weighted by atomic mass is 16.7. The SMILES string of the molecule is CCCC/C=C/CCCCCCCCCCCC(=O)OC[C@H](CO[C@@H]1O[C@H](CO[C@@H]2O[C@H](CO)[C@H](O)C(O)C2O)[C@H](O)C(O)C1O)OC(=O)CCCCCCC/C=C/CCCCC. The van der Waals surface area contributed by atoms with E-state index in [9.17, 15) is 45.3 Å². The Morgan fingerprint density at radius 2 is 0.921 bits per heavy atom. The first-order valence-corrected chi connectivity index (χ1v) is 24.4. The number of ether oxygens (including phenoxy) is 6. The molecule has 4 unspecified atom stereocenters. The number of carbonyl (C=O) groups is 2. The Kier molecular flexibility index (Phi) is 32.8. The molecule has 0 amide bonds. The molecule has 0 saturated carbocycles. The molecule has 15 nitrogen and oxygen atoms in total. The van der Waals surface area contributed by atoms with E-state index in [0.29, 0.717) is 12.8 Å². The van der Waals surface area contributed by atoms with Crippen molar-refractivity contribution in [2.75, 3.05) is 26.4 Å². The van der Waals surface area contributed by atoms with Gasteiger partial charge in [-0.2, -0.15) is 0 Å². The molecule has 2 fully saturated rings. The van der Waals surface area contributed by atoms with Gasteiger partial charge in [0.1, 0.15) is 55.4 Å². The first-order valence-electron chi connectivity index (χ1n) is 24.4. The number of hydrogen-bond donors (Lipinski definition) is 7. The minimum atomic E-state index is -1.76. The molecule has 368 valence electrons. The first-order chi connectivity index (χ1) is 30.5. The molecule has 0 spiro atoms. The Morgan fingerprint density at radius 1 is 0.492 bits per heavy atom. The Labute approximate surface area is 377 Å². The van der Waals surface area contributed by atoms with Crippen LogP contribution < -0.4 is 0 Å². The molecule has 0 aliphatic carbocycles. The van der Waals surface area contributed by atoms with Crippen LogP contribution in [0, 0.1) is 0 Å². The van der Waals surface area contributed by atoms with Crippen LogP contribution in [0.5, 0.6) is 0 Å². The highest BCUT2D eigenvalue weighted by Gasteiger charge is 2.47. The lowest BCUT2D eigenvalue weighted by molar-refractivity contribution is -0.332. The fourth-order valence-corrected chi connectivity index (χ4v) is 7.54. The summed E-state index contributed by atoms with van der Waals surface area (Å²) < 4.78 is 33.5. The number of rotatable bonds is 37.